The Bertz CT molecular complexity index is 980. The molecule has 1 saturated heterocycles. The van der Waals surface area contributed by atoms with Gasteiger partial charge in [-0.15, -0.1) is 0 Å². The van der Waals surface area contributed by atoms with Gasteiger partial charge in [-0.1, -0.05) is 91.0 Å². The molecule has 0 aromatic heterocycles. The lowest BCUT2D eigenvalue weighted by molar-refractivity contribution is -0.119. The van der Waals surface area contributed by atoms with Crippen LogP contribution in [0.15, 0.2) is 91.0 Å². The van der Waals surface area contributed by atoms with Crippen LogP contribution in [-0.2, 0) is 27.5 Å². The van der Waals surface area contributed by atoms with Crippen molar-refractivity contribution < 1.29 is 14.3 Å². The number of rotatable bonds is 11. The number of aldehydes is 1. The first-order valence-electron chi connectivity index (χ1n) is 12.3. The fourth-order valence-corrected chi connectivity index (χ4v) is 4.85. The zero-order chi connectivity index (χ0) is 23.6. The van der Waals surface area contributed by atoms with Crippen molar-refractivity contribution in [3.05, 3.63) is 108 Å². The summed E-state index contributed by atoms with van der Waals surface area (Å²) in [4.78, 5) is 14.3. The van der Waals surface area contributed by atoms with Gasteiger partial charge in [0.2, 0.25) is 0 Å². The summed E-state index contributed by atoms with van der Waals surface area (Å²) >= 11 is 0. The Hall–Kier alpha value is -2.79. The van der Waals surface area contributed by atoms with E-state index in [0.29, 0.717) is 19.8 Å². The molecule has 1 aliphatic heterocycles. The number of benzene rings is 3. The first-order valence-corrected chi connectivity index (χ1v) is 12.3. The smallest absolute Gasteiger partial charge is 0.123 e. The molecule has 0 radical (unpaired) electrons. The Kier molecular flexibility index (Phi) is 9.03. The van der Waals surface area contributed by atoms with Gasteiger partial charge in [-0.05, 0) is 43.0 Å². The summed E-state index contributed by atoms with van der Waals surface area (Å²) in [5.74, 6) is 0.0566. The third kappa shape index (κ3) is 6.63. The van der Waals surface area contributed by atoms with Crippen molar-refractivity contribution in [2.24, 2.45) is 5.92 Å². The molecule has 0 unspecified atom stereocenters. The van der Waals surface area contributed by atoms with Gasteiger partial charge in [-0.3, -0.25) is 4.90 Å². The fourth-order valence-electron chi connectivity index (χ4n) is 4.85. The van der Waals surface area contributed by atoms with Gasteiger partial charge in [0.15, 0.2) is 0 Å². The molecule has 34 heavy (non-hydrogen) atoms. The minimum Gasteiger partial charge on any atom is -0.374 e. The van der Waals surface area contributed by atoms with Gasteiger partial charge >= 0.3 is 0 Å². The van der Waals surface area contributed by atoms with Crippen LogP contribution in [-0.4, -0.2) is 36.5 Å². The number of hydrogen-bond donors (Lipinski definition) is 0. The van der Waals surface area contributed by atoms with Gasteiger partial charge < -0.3 is 14.3 Å². The molecule has 1 aliphatic rings. The SMILES string of the molecule is C[C@@H](c1ccccc1)N1CC[C@@H](C=O)C[C@@H]1[C@@H](COCc1ccccc1)OCc1ccccc1. The zero-order valence-electron chi connectivity index (χ0n) is 20.0. The number of ether oxygens (including phenoxy) is 2. The highest BCUT2D eigenvalue weighted by Gasteiger charge is 2.37. The second-order valence-corrected chi connectivity index (χ2v) is 9.15. The van der Waals surface area contributed by atoms with Crippen molar-refractivity contribution in [2.45, 2.75) is 51.2 Å². The van der Waals surface area contributed by atoms with Crippen LogP contribution in [0.2, 0.25) is 0 Å². The minimum absolute atomic E-state index is 0.0566. The Labute approximate surface area is 203 Å². The molecule has 4 rings (SSSR count). The number of likely N-dealkylation sites (tertiary alicyclic amines) is 1. The lowest BCUT2D eigenvalue weighted by Gasteiger charge is -2.45. The molecule has 4 nitrogen and oxygen atoms in total. The Morgan fingerprint density at radius 2 is 1.47 bits per heavy atom. The molecular weight excluding hydrogens is 422 g/mol. The first-order chi connectivity index (χ1) is 16.7. The van der Waals surface area contributed by atoms with E-state index in [2.05, 4.69) is 66.4 Å². The van der Waals surface area contributed by atoms with Gasteiger partial charge in [0, 0.05) is 18.0 Å². The van der Waals surface area contributed by atoms with Crippen LogP contribution in [0.25, 0.3) is 0 Å². The molecule has 4 heteroatoms. The Morgan fingerprint density at radius 1 is 0.882 bits per heavy atom. The summed E-state index contributed by atoms with van der Waals surface area (Å²) < 4.78 is 12.7. The van der Waals surface area contributed by atoms with Crippen LogP contribution >= 0.6 is 0 Å². The summed E-state index contributed by atoms with van der Waals surface area (Å²) in [5, 5.41) is 0. The van der Waals surface area contributed by atoms with Crippen LogP contribution in [0, 0.1) is 5.92 Å². The summed E-state index contributed by atoms with van der Waals surface area (Å²) in [7, 11) is 0. The predicted octanol–water partition coefficient (Wildman–Crippen LogP) is 5.83. The van der Waals surface area contributed by atoms with E-state index < -0.39 is 0 Å². The summed E-state index contributed by atoms with van der Waals surface area (Å²) in [6, 6.07) is 31.4. The van der Waals surface area contributed by atoms with Crippen LogP contribution < -0.4 is 0 Å². The quantitative estimate of drug-likeness (QED) is 0.340. The third-order valence-electron chi connectivity index (χ3n) is 6.83. The molecule has 0 amide bonds. The molecule has 0 spiro atoms. The number of carbonyl (C=O) groups excluding carboxylic acids is 1. The molecule has 178 valence electrons. The molecule has 3 aromatic rings. The highest BCUT2D eigenvalue weighted by Crippen LogP contribution is 2.33. The number of carbonyl (C=O) groups is 1. The maximum absolute atomic E-state index is 11.8. The van der Waals surface area contributed by atoms with Crippen LogP contribution in [0.3, 0.4) is 0 Å². The van der Waals surface area contributed by atoms with E-state index in [4.69, 9.17) is 9.47 Å². The topological polar surface area (TPSA) is 38.8 Å². The average Bonchev–Trinajstić information content (AvgIpc) is 2.91. The van der Waals surface area contributed by atoms with E-state index in [9.17, 15) is 4.79 Å². The summed E-state index contributed by atoms with van der Waals surface area (Å²) in [6.07, 6.45) is 2.65. The minimum atomic E-state index is -0.141. The molecule has 1 fully saturated rings. The molecule has 3 aromatic carbocycles. The molecule has 4 atom stereocenters. The Balaban J connectivity index is 1.53. The monoisotopic (exact) mass is 457 g/mol. The van der Waals surface area contributed by atoms with E-state index in [-0.39, 0.29) is 24.1 Å². The lowest BCUT2D eigenvalue weighted by Crippen LogP contribution is -2.52. The first kappa shape index (κ1) is 24.3. The lowest BCUT2D eigenvalue weighted by atomic mass is 9.87. The van der Waals surface area contributed by atoms with Gasteiger partial charge in [0.25, 0.3) is 0 Å². The molecule has 0 saturated carbocycles. The average molecular weight is 458 g/mol. The van der Waals surface area contributed by atoms with Crippen LogP contribution in [0.5, 0.6) is 0 Å². The van der Waals surface area contributed by atoms with E-state index in [1.165, 1.54) is 5.56 Å². The van der Waals surface area contributed by atoms with Gasteiger partial charge in [-0.25, -0.2) is 0 Å². The van der Waals surface area contributed by atoms with E-state index in [1.54, 1.807) is 0 Å². The van der Waals surface area contributed by atoms with Crippen molar-refractivity contribution in [3.63, 3.8) is 0 Å². The standard InChI is InChI=1S/C30H35NO3/c1-24(28-15-9-4-10-16-28)31-18-17-27(20-32)19-29(31)30(34-22-26-13-7-3-8-14-26)23-33-21-25-11-5-2-6-12-25/h2-16,20,24,27,29-30H,17-19,21-23H2,1H3/t24-,27+,29+,30+/m0/s1. The number of piperidine rings is 1. The van der Waals surface area contributed by atoms with Crippen molar-refractivity contribution in [1.82, 2.24) is 4.90 Å². The third-order valence-corrected chi connectivity index (χ3v) is 6.83. The van der Waals surface area contributed by atoms with Gasteiger partial charge in [-0.2, -0.15) is 0 Å². The molecule has 0 bridgehead atoms. The highest BCUT2D eigenvalue weighted by atomic mass is 16.5. The predicted molar refractivity (Wildman–Crippen MR) is 135 cm³/mol. The van der Waals surface area contributed by atoms with Crippen LogP contribution in [0.1, 0.15) is 42.5 Å². The zero-order valence-corrected chi connectivity index (χ0v) is 20.0. The second-order valence-electron chi connectivity index (χ2n) is 9.15. The number of hydrogen-bond acceptors (Lipinski definition) is 4. The fraction of sp³-hybridized carbons (Fsp3) is 0.367. The molecule has 1 heterocycles. The van der Waals surface area contributed by atoms with Gasteiger partial charge in [0.1, 0.15) is 6.29 Å². The van der Waals surface area contributed by atoms with E-state index in [1.807, 2.05) is 36.4 Å². The van der Waals surface area contributed by atoms with E-state index in [0.717, 1.165) is 36.8 Å². The van der Waals surface area contributed by atoms with Gasteiger partial charge in [0.05, 0.1) is 25.9 Å². The van der Waals surface area contributed by atoms with Crippen molar-refractivity contribution in [1.29, 1.82) is 0 Å². The highest BCUT2D eigenvalue weighted by molar-refractivity contribution is 5.53. The maximum Gasteiger partial charge on any atom is 0.123 e. The van der Waals surface area contributed by atoms with Crippen molar-refractivity contribution in [2.75, 3.05) is 13.2 Å². The van der Waals surface area contributed by atoms with Crippen molar-refractivity contribution >= 4 is 6.29 Å². The molecular formula is C30H35NO3. The maximum atomic E-state index is 11.8. The molecule has 0 aliphatic carbocycles. The van der Waals surface area contributed by atoms with E-state index >= 15 is 0 Å². The Morgan fingerprint density at radius 3 is 2.09 bits per heavy atom. The van der Waals surface area contributed by atoms with Crippen LogP contribution in [0.4, 0.5) is 0 Å². The largest absolute Gasteiger partial charge is 0.374 e. The summed E-state index contributed by atoms with van der Waals surface area (Å²) in [5.41, 5.74) is 3.57. The van der Waals surface area contributed by atoms with Crippen molar-refractivity contribution in [3.8, 4) is 0 Å². The normalized spacial score (nSPS) is 20.5. The summed E-state index contributed by atoms with van der Waals surface area (Å²) in [6.45, 7) is 4.67. The number of nitrogens with zero attached hydrogens (tertiary/aromatic N) is 1. The second kappa shape index (κ2) is 12.6. The molecule has 0 N–H and O–H groups in total.